The third-order valence-electron chi connectivity index (χ3n) is 2.59. The molecule has 0 radical (unpaired) electrons. The summed E-state index contributed by atoms with van der Waals surface area (Å²) in [5.41, 5.74) is -0.243. The molecule has 0 aliphatic rings. The average molecular weight is 246 g/mol. The normalized spacial score (nSPS) is 10.5. The Morgan fingerprint density at radius 2 is 2.11 bits per heavy atom. The van der Waals surface area contributed by atoms with E-state index in [0.717, 1.165) is 12.8 Å². The number of fused-ring (bicyclic) bond motifs is 1. The van der Waals surface area contributed by atoms with Crippen molar-refractivity contribution in [1.29, 1.82) is 0 Å². The number of carbonyl (C=O) groups is 1. The third-order valence-corrected chi connectivity index (χ3v) is 2.59. The summed E-state index contributed by atoms with van der Waals surface area (Å²) in [6.07, 6.45) is 1.71. The van der Waals surface area contributed by atoms with Crippen molar-refractivity contribution in [2.45, 2.75) is 19.8 Å². The fourth-order valence-electron chi connectivity index (χ4n) is 1.59. The van der Waals surface area contributed by atoms with E-state index in [1.807, 2.05) is 13.0 Å². The summed E-state index contributed by atoms with van der Waals surface area (Å²) in [6.45, 7) is 2.32. The fraction of sp³-hybridized carbons (Fsp3) is 0.286. The van der Waals surface area contributed by atoms with Gasteiger partial charge in [-0.2, -0.15) is 0 Å². The molecule has 1 aromatic carbocycles. The average Bonchev–Trinajstić information content (AvgIpc) is 2.38. The number of carbonyl (C=O) groups excluding carboxylic acids is 1. The second kappa shape index (κ2) is 5.49. The molecular weight excluding hydrogens is 232 g/mol. The lowest BCUT2D eigenvalue weighted by Gasteiger charge is -2.03. The minimum Gasteiger partial charge on any atom is -0.462 e. The molecule has 0 aliphatic heterocycles. The van der Waals surface area contributed by atoms with Gasteiger partial charge in [-0.15, -0.1) is 0 Å². The summed E-state index contributed by atoms with van der Waals surface area (Å²) in [7, 11) is 0. The summed E-state index contributed by atoms with van der Waals surface area (Å²) in [5.74, 6) is -0.622. The maximum atomic E-state index is 11.7. The highest BCUT2D eigenvalue weighted by atomic mass is 16.5. The molecule has 2 rings (SSSR count). The molecular formula is C14H14O4. The van der Waals surface area contributed by atoms with E-state index in [9.17, 15) is 9.59 Å². The zero-order chi connectivity index (χ0) is 13.0. The lowest BCUT2D eigenvalue weighted by Crippen LogP contribution is -2.16. The van der Waals surface area contributed by atoms with E-state index < -0.39 is 11.6 Å². The Hall–Kier alpha value is -2.10. The Morgan fingerprint density at radius 3 is 2.89 bits per heavy atom. The van der Waals surface area contributed by atoms with Crippen molar-refractivity contribution >= 4 is 16.9 Å². The lowest BCUT2D eigenvalue weighted by molar-refractivity contribution is 0.0495. The summed E-state index contributed by atoms with van der Waals surface area (Å²) in [6, 6.07) is 8.55. The molecule has 0 N–H and O–H groups in total. The number of hydrogen-bond donors (Lipinski definition) is 0. The molecule has 0 bridgehead atoms. The van der Waals surface area contributed by atoms with E-state index in [4.69, 9.17) is 9.15 Å². The van der Waals surface area contributed by atoms with Gasteiger partial charge >= 0.3 is 11.6 Å². The molecule has 0 saturated carbocycles. The number of unbranched alkanes of at least 4 members (excludes halogenated alkanes) is 1. The zero-order valence-corrected chi connectivity index (χ0v) is 10.1. The van der Waals surface area contributed by atoms with Gasteiger partial charge in [0.05, 0.1) is 6.61 Å². The molecule has 94 valence electrons. The molecule has 4 heteroatoms. The first-order valence-corrected chi connectivity index (χ1v) is 5.92. The maximum absolute atomic E-state index is 11.7. The van der Waals surface area contributed by atoms with Crippen molar-refractivity contribution in [3.05, 3.63) is 46.3 Å². The number of rotatable bonds is 4. The Kier molecular flexibility index (Phi) is 3.77. The minimum atomic E-state index is -0.657. The van der Waals surface area contributed by atoms with Crippen LogP contribution in [0.25, 0.3) is 11.0 Å². The number of benzene rings is 1. The topological polar surface area (TPSA) is 56.5 Å². The molecule has 0 aliphatic carbocycles. The van der Waals surface area contributed by atoms with Crippen LogP contribution in [0, 0.1) is 0 Å². The van der Waals surface area contributed by atoms with E-state index in [1.54, 1.807) is 18.2 Å². The summed E-state index contributed by atoms with van der Waals surface area (Å²) < 4.78 is 10.1. The fourth-order valence-corrected chi connectivity index (χ4v) is 1.59. The minimum absolute atomic E-state index is 0.0511. The van der Waals surface area contributed by atoms with Crippen LogP contribution in [0.1, 0.15) is 30.1 Å². The molecule has 2 aromatic rings. The van der Waals surface area contributed by atoms with Gasteiger partial charge in [-0.3, -0.25) is 0 Å². The summed E-state index contributed by atoms with van der Waals surface area (Å²) in [4.78, 5) is 23.3. The largest absolute Gasteiger partial charge is 0.462 e. The second-order valence-electron chi connectivity index (χ2n) is 3.97. The highest BCUT2D eigenvalue weighted by Gasteiger charge is 2.14. The molecule has 0 fully saturated rings. The molecule has 0 atom stereocenters. The van der Waals surface area contributed by atoms with Gasteiger partial charge in [0.25, 0.3) is 0 Å². The highest BCUT2D eigenvalue weighted by molar-refractivity contribution is 5.92. The monoisotopic (exact) mass is 246 g/mol. The van der Waals surface area contributed by atoms with Crippen molar-refractivity contribution in [3.63, 3.8) is 0 Å². The standard InChI is InChI=1S/C14H14O4/c1-2-3-8-17-13(15)11-9-10-6-4-5-7-12(10)18-14(11)16/h4-7,9H,2-3,8H2,1H3. The van der Waals surface area contributed by atoms with E-state index in [2.05, 4.69) is 0 Å². The summed E-state index contributed by atoms with van der Waals surface area (Å²) >= 11 is 0. The Labute approximate surface area is 104 Å². The van der Waals surface area contributed by atoms with Crippen LogP contribution < -0.4 is 5.63 Å². The van der Waals surface area contributed by atoms with Crippen LogP contribution in [-0.2, 0) is 4.74 Å². The molecule has 0 saturated heterocycles. The molecule has 0 unspecified atom stereocenters. The van der Waals surface area contributed by atoms with Crippen LogP contribution in [0.2, 0.25) is 0 Å². The first-order chi connectivity index (χ1) is 8.72. The Morgan fingerprint density at radius 1 is 1.33 bits per heavy atom. The lowest BCUT2D eigenvalue weighted by atomic mass is 10.2. The van der Waals surface area contributed by atoms with Crippen molar-refractivity contribution in [1.82, 2.24) is 0 Å². The number of ether oxygens (including phenoxy) is 1. The van der Waals surface area contributed by atoms with Crippen LogP contribution in [0.4, 0.5) is 0 Å². The Bertz CT molecular complexity index is 612. The molecule has 1 heterocycles. The second-order valence-corrected chi connectivity index (χ2v) is 3.97. The van der Waals surface area contributed by atoms with Crippen LogP contribution in [0.5, 0.6) is 0 Å². The van der Waals surface area contributed by atoms with Crippen molar-refractivity contribution in [3.8, 4) is 0 Å². The van der Waals surface area contributed by atoms with Gasteiger partial charge in [-0.25, -0.2) is 9.59 Å². The predicted molar refractivity (Wildman–Crippen MR) is 67.7 cm³/mol. The van der Waals surface area contributed by atoms with Gasteiger partial charge in [0.2, 0.25) is 0 Å². The SMILES string of the molecule is CCCCOC(=O)c1cc2ccccc2oc1=O. The highest BCUT2D eigenvalue weighted by Crippen LogP contribution is 2.13. The quantitative estimate of drug-likeness (QED) is 0.473. The van der Waals surface area contributed by atoms with E-state index >= 15 is 0 Å². The van der Waals surface area contributed by atoms with E-state index in [0.29, 0.717) is 17.6 Å². The summed E-state index contributed by atoms with van der Waals surface area (Å²) in [5, 5.41) is 0.708. The number of hydrogen-bond acceptors (Lipinski definition) is 4. The van der Waals surface area contributed by atoms with Crippen LogP contribution in [0.3, 0.4) is 0 Å². The molecule has 1 aromatic heterocycles. The van der Waals surface area contributed by atoms with E-state index in [-0.39, 0.29) is 5.56 Å². The molecule has 4 nitrogen and oxygen atoms in total. The zero-order valence-electron chi connectivity index (χ0n) is 10.1. The van der Waals surface area contributed by atoms with Gasteiger partial charge in [0, 0.05) is 5.39 Å². The first kappa shape index (κ1) is 12.4. The molecule has 18 heavy (non-hydrogen) atoms. The number of para-hydroxylation sites is 1. The molecule has 0 amide bonds. The van der Waals surface area contributed by atoms with Gasteiger partial charge < -0.3 is 9.15 Å². The van der Waals surface area contributed by atoms with Gasteiger partial charge in [-0.1, -0.05) is 31.5 Å². The van der Waals surface area contributed by atoms with Crippen molar-refractivity contribution in [2.24, 2.45) is 0 Å². The van der Waals surface area contributed by atoms with Crippen LogP contribution in [0.15, 0.2) is 39.5 Å². The maximum Gasteiger partial charge on any atom is 0.351 e. The van der Waals surface area contributed by atoms with Gasteiger partial charge in [0.1, 0.15) is 11.1 Å². The number of esters is 1. The van der Waals surface area contributed by atoms with Gasteiger partial charge in [-0.05, 0) is 18.6 Å². The van der Waals surface area contributed by atoms with E-state index in [1.165, 1.54) is 6.07 Å². The van der Waals surface area contributed by atoms with Crippen molar-refractivity contribution in [2.75, 3.05) is 6.61 Å². The van der Waals surface area contributed by atoms with Crippen LogP contribution in [-0.4, -0.2) is 12.6 Å². The van der Waals surface area contributed by atoms with Gasteiger partial charge in [0.15, 0.2) is 0 Å². The molecule has 0 spiro atoms. The third kappa shape index (κ3) is 2.59. The predicted octanol–water partition coefficient (Wildman–Crippen LogP) is 2.75. The van der Waals surface area contributed by atoms with Crippen LogP contribution >= 0.6 is 0 Å². The smallest absolute Gasteiger partial charge is 0.351 e. The Balaban J connectivity index is 2.30. The first-order valence-electron chi connectivity index (χ1n) is 5.92. The van der Waals surface area contributed by atoms with Crippen molar-refractivity contribution < 1.29 is 13.9 Å².